The van der Waals surface area contributed by atoms with Gasteiger partial charge in [0.25, 0.3) is 0 Å². The average molecular weight is 390 g/mol. The van der Waals surface area contributed by atoms with Crippen molar-refractivity contribution in [2.45, 2.75) is 13.0 Å². The predicted molar refractivity (Wildman–Crippen MR) is 101 cm³/mol. The molecule has 2 aromatic heterocycles. The van der Waals surface area contributed by atoms with E-state index in [1.165, 1.54) is 0 Å². The predicted octanol–water partition coefficient (Wildman–Crippen LogP) is 3.86. The number of ether oxygens (including phenoxy) is 1. The molecule has 26 heavy (non-hydrogen) atoms. The molecule has 8 heteroatoms. The van der Waals surface area contributed by atoms with Crippen LogP contribution in [0.4, 0.5) is 5.82 Å². The minimum atomic E-state index is -0.0954. The smallest absolute Gasteiger partial charge is 0.159 e. The lowest BCUT2D eigenvalue weighted by atomic mass is 10.1. The van der Waals surface area contributed by atoms with Crippen LogP contribution >= 0.6 is 23.2 Å². The van der Waals surface area contributed by atoms with Crippen LogP contribution < -0.4 is 4.90 Å². The second-order valence-electron chi connectivity index (χ2n) is 6.06. The molecule has 1 atom stereocenters. The molecule has 0 amide bonds. The van der Waals surface area contributed by atoms with Crippen molar-refractivity contribution >= 4 is 29.0 Å². The monoisotopic (exact) mass is 389 g/mol. The molecule has 0 N–H and O–H groups in total. The Bertz CT molecular complexity index is 916. The third-order valence-corrected chi connectivity index (χ3v) is 4.99. The third-order valence-electron chi connectivity index (χ3n) is 4.26. The van der Waals surface area contributed by atoms with Crippen LogP contribution in [0.5, 0.6) is 0 Å². The second kappa shape index (κ2) is 7.23. The molecule has 1 aliphatic heterocycles. The standard InChI is InChI=1S/C18H17Cl2N5O/c1-12-22-17(10-18(23-12)25-6-2-5-21-25)24-7-8-26-16(11-24)13-3-4-14(19)15(20)9-13/h2-6,9-10,16H,7-8,11H2,1H3/t16-/m0/s1. The number of aryl methyl sites for hydroxylation is 1. The summed E-state index contributed by atoms with van der Waals surface area (Å²) in [5, 5.41) is 5.32. The maximum atomic E-state index is 6.15. The normalized spacial score (nSPS) is 17.5. The first-order chi connectivity index (χ1) is 12.6. The fourth-order valence-corrected chi connectivity index (χ4v) is 3.30. The van der Waals surface area contributed by atoms with E-state index in [2.05, 4.69) is 20.0 Å². The van der Waals surface area contributed by atoms with Gasteiger partial charge in [-0.1, -0.05) is 29.3 Å². The van der Waals surface area contributed by atoms with Crippen molar-refractivity contribution in [3.63, 3.8) is 0 Å². The van der Waals surface area contributed by atoms with Crippen molar-refractivity contribution in [2.75, 3.05) is 24.6 Å². The number of rotatable bonds is 3. The van der Waals surface area contributed by atoms with Gasteiger partial charge in [-0.3, -0.25) is 0 Å². The molecule has 6 nitrogen and oxygen atoms in total. The van der Waals surface area contributed by atoms with E-state index in [9.17, 15) is 0 Å². The number of halogens is 2. The van der Waals surface area contributed by atoms with Gasteiger partial charge in [0.1, 0.15) is 17.7 Å². The summed E-state index contributed by atoms with van der Waals surface area (Å²) in [5.74, 6) is 2.30. The van der Waals surface area contributed by atoms with E-state index in [4.69, 9.17) is 27.9 Å². The van der Waals surface area contributed by atoms with Gasteiger partial charge in [0, 0.05) is 31.5 Å². The lowest BCUT2D eigenvalue weighted by molar-refractivity contribution is 0.0395. The van der Waals surface area contributed by atoms with E-state index in [0.717, 1.165) is 23.7 Å². The van der Waals surface area contributed by atoms with Gasteiger partial charge in [-0.25, -0.2) is 14.6 Å². The molecular weight excluding hydrogens is 373 g/mol. The van der Waals surface area contributed by atoms with Crippen LogP contribution in [0.3, 0.4) is 0 Å². The summed E-state index contributed by atoms with van der Waals surface area (Å²) in [5.41, 5.74) is 1.00. The lowest BCUT2D eigenvalue weighted by Crippen LogP contribution is -2.39. The molecule has 0 saturated carbocycles. The highest BCUT2D eigenvalue weighted by atomic mass is 35.5. The van der Waals surface area contributed by atoms with E-state index in [1.807, 2.05) is 37.4 Å². The largest absolute Gasteiger partial charge is 0.370 e. The summed E-state index contributed by atoms with van der Waals surface area (Å²) in [6, 6.07) is 9.41. The number of aromatic nitrogens is 4. The van der Waals surface area contributed by atoms with Crippen molar-refractivity contribution in [1.29, 1.82) is 0 Å². The van der Waals surface area contributed by atoms with Crippen LogP contribution in [0, 0.1) is 6.92 Å². The van der Waals surface area contributed by atoms with Crippen molar-refractivity contribution < 1.29 is 4.74 Å². The van der Waals surface area contributed by atoms with E-state index in [0.29, 0.717) is 29.0 Å². The van der Waals surface area contributed by atoms with Crippen molar-refractivity contribution in [1.82, 2.24) is 19.7 Å². The number of hydrogen-bond donors (Lipinski definition) is 0. The third kappa shape index (κ3) is 3.53. The molecule has 134 valence electrons. The van der Waals surface area contributed by atoms with Gasteiger partial charge >= 0.3 is 0 Å². The highest BCUT2D eigenvalue weighted by Gasteiger charge is 2.24. The van der Waals surface area contributed by atoms with E-state index in [1.54, 1.807) is 16.9 Å². The van der Waals surface area contributed by atoms with Gasteiger partial charge in [-0.2, -0.15) is 5.10 Å². The van der Waals surface area contributed by atoms with Crippen molar-refractivity contribution in [2.24, 2.45) is 0 Å². The Morgan fingerprint density at radius 3 is 2.73 bits per heavy atom. The molecule has 0 bridgehead atoms. The van der Waals surface area contributed by atoms with Crippen LogP contribution in [-0.4, -0.2) is 39.4 Å². The van der Waals surface area contributed by atoms with Crippen molar-refractivity contribution in [3.05, 3.63) is 64.2 Å². The lowest BCUT2D eigenvalue weighted by Gasteiger charge is -2.34. The maximum absolute atomic E-state index is 6.15. The van der Waals surface area contributed by atoms with Gasteiger partial charge in [0.2, 0.25) is 0 Å². The Kier molecular flexibility index (Phi) is 4.80. The summed E-state index contributed by atoms with van der Waals surface area (Å²) >= 11 is 12.2. The first kappa shape index (κ1) is 17.3. The quantitative estimate of drug-likeness (QED) is 0.680. The van der Waals surface area contributed by atoms with E-state index >= 15 is 0 Å². The topological polar surface area (TPSA) is 56.1 Å². The van der Waals surface area contributed by atoms with Crippen molar-refractivity contribution in [3.8, 4) is 5.82 Å². The highest BCUT2D eigenvalue weighted by molar-refractivity contribution is 6.42. The summed E-state index contributed by atoms with van der Waals surface area (Å²) in [4.78, 5) is 11.3. The zero-order chi connectivity index (χ0) is 18.1. The number of nitrogens with zero attached hydrogens (tertiary/aromatic N) is 5. The van der Waals surface area contributed by atoms with Crippen LogP contribution in [0.25, 0.3) is 5.82 Å². The molecule has 0 spiro atoms. The van der Waals surface area contributed by atoms with E-state index < -0.39 is 0 Å². The van der Waals surface area contributed by atoms with E-state index in [-0.39, 0.29) is 6.10 Å². The fraction of sp³-hybridized carbons (Fsp3) is 0.278. The molecule has 1 saturated heterocycles. The van der Waals surface area contributed by atoms with Crippen LogP contribution in [0.2, 0.25) is 10.0 Å². The van der Waals surface area contributed by atoms with Gasteiger partial charge in [-0.15, -0.1) is 0 Å². The Balaban J connectivity index is 1.61. The van der Waals surface area contributed by atoms with Gasteiger partial charge in [0.05, 0.1) is 16.7 Å². The summed E-state index contributed by atoms with van der Waals surface area (Å²) in [6.07, 6.45) is 3.50. The Labute approximate surface area is 161 Å². The number of morpholine rings is 1. The Morgan fingerprint density at radius 1 is 1.12 bits per heavy atom. The number of anilines is 1. The minimum absolute atomic E-state index is 0.0954. The van der Waals surface area contributed by atoms with Gasteiger partial charge in [0.15, 0.2) is 5.82 Å². The van der Waals surface area contributed by atoms with Crippen LogP contribution in [0.1, 0.15) is 17.5 Å². The number of hydrogen-bond acceptors (Lipinski definition) is 5. The SMILES string of the molecule is Cc1nc(N2CCO[C@H](c3ccc(Cl)c(Cl)c3)C2)cc(-n2cccn2)n1. The van der Waals surface area contributed by atoms with Crippen LogP contribution in [-0.2, 0) is 4.74 Å². The molecule has 0 radical (unpaired) electrons. The molecule has 1 aliphatic rings. The molecule has 4 rings (SSSR count). The summed E-state index contributed by atoms with van der Waals surface area (Å²) in [6.45, 7) is 3.91. The zero-order valence-corrected chi connectivity index (χ0v) is 15.7. The Hall–Kier alpha value is -2.15. The first-order valence-corrected chi connectivity index (χ1v) is 9.03. The fourth-order valence-electron chi connectivity index (χ4n) is 2.99. The first-order valence-electron chi connectivity index (χ1n) is 8.27. The molecule has 1 aromatic carbocycles. The summed E-state index contributed by atoms with van der Waals surface area (Å²) < 4.78 is 7.67. The molecular formula is C18H17Cl2N5O. The van der Waals surface area contributed by atoms with Gasteiger partial charge in [-0.05, 0) is 30.7 Å². The summed E-state index contributed by atoms with van der Waals surface area (Å²) in [7, 11) is 0. The minimum Gasteiger partial charge on any atom is -0.370 e. The van der Waals surface area contributed by atoms with Gasteiger partial charge < -0.3 is 9.64 Å². The zero-order valence-electron chi connectivity index (χ0n) is 14.1. The molecule has 0 aliphatic carbocycles. The molecule has 0 unspecified atom stereocenters. The average Bonchev–Trinajstić information content (AvgIpc) is 3.18. The van der Waals surface area contributed by atoms with Crippen LogP contribution in [0.15, 0.2) is 42.7 Å². The number of benzene rings is 1. The molecule has 1 fully saturated rings. The molecule has 3 aromatic rings. The second-order valence-corrected chi connectivity index (χ2v) is 6.88. The molecule has 3 heterocycles. The maximum Gasteiger partial charge on any atom is 0.159 e. The Morgan fingerprint density at radius 2 is 1.96 bits per heavy atom. The highest BCUT2D eigenvalue weighted by Crippen LogP contribution is 2.30.